The van der Waals surface area contributed by atoms with Crippen molar-refractivity contribution < 1.29 is 13.2 Å². The predicted octanol–water partition coefficient (Wildman–Crippen LogP) is 1.66. The highest BCUT2D eigenvalue weighted by Crippen LogP contribution is 2.13. The van der Waals surface area contributed by atoms with Crippen molar-refractivity contribution in [3.63, 3.8) is 0 Å². The second kappa shape index (κ2) is 8.80. The Morgan fingerprint density at radius 1 is 1.17 bits per heavy atom. The van der Waals surface area contributed by atoms with Gasteiger partial charge in [0, 0.05) is 44.2 Å². The minimum absolute atomic E-state index is 0.0588. The first-order valence-electron chi connectivity index (χ1n) is 8.19. The molecule has 1 fully saturated rings. The van der Waals surface area contributed by atoms with Crippen molar-refractivity contribution in [2.24, 2.45) is 0 Å². The Kier molecular flexibility index (Phi) is 7.03. The van der Waals surface area contributed by atoms with Gasteiger partial charge < -0.3 is 4.90 Å². The summed E-state index contributed by atoms with van der Waals surface area (Å²) in [5.74, 6) is 0.0588. The lowest BCUT2D eigenvalue weighted by Crippen LogP contribution is -2.53. The third kappa shape index (κ3) is 5.44. The molecule has 1 amide bonds. The third-order valence-corrected chi connectivity index (χ3v) is 5.87. The second-order valence-electron chi connectivity index (χ2n) is 5.81. The number of nitrogens with one attached hydrogen (secondary N) is 1. The van der Waals surface area contributed by atoms with E-state index in [4.69, 9.17) is 11.6 Å². The van der Waals surface area contributed by atoms with Crippen LogP contribution < -0.4 is 4.72 Å². The van der Waals surface area contributed by atoms with Crippen molar-refractivity contribution in [3.05, 3.63) is 34.9 Å². The normalized spacial score (nSPS) is 16.3. The Bertz CT molecular complexity index is 641. The van der Waals surface area contributed by atoms with Crippen LogP contribution in [-0.4, -0.2) is 56.3 Å². The van der Waals surface area contributed by atoms with Crippen molar-refractivity contribution >= 4 is 27.7 Å². The summed E-state index contributed by atoms with van der Waals surface area (Å²) in [4.78, 5) is 14.0. The molecule has 8 heteroatoms. The Balaban J connectivity index is 1.79. The molecule has 1 aliphatic heterocycles. The van der Waals surface area contributed by atoms with Crippen molar-refractivity contribution in [2.75, 3.05) is 32.7 Å². The van der Waals surface area contributed by atoms with E-state index in [1.165, 1.54) is 4.31 Å². The van der Waals surface area contributed by atoms with Crippen LogP contribution in [0, 0.1) is 0 Å². The van der Waals surface area contributed by atoms with Gasteiger partial charge in [0.15, 0.2) is 0 Å². The molecule has 0 aliphatic carbocycles. The zero-order chi connectivity index (χ0) is 17.6. The smallest absolute Gasteiger partial charge is 0.279 e. The van der Waals surface area contributed by atoms with E-state index >= 15 is 0 Å². The average Bonchev–Trinajstić information content (AvgIpc) is 2.59. The monoisotopic (exact) mass is 373 g/mol. The van der Waals surface area contributed by atoms with Gasteiger partial charge in [-0.3, -0.25) is 4.79 Å². The number of amides is 1. The third-order valence-electron chi connectivity index (χ3n) is 4.01. The number of nitrogens with zero attached hydrogens (tertiary/aromatic N) is 2. The number of carbonyl (C=O) groups is 1. The van der Waals surface area contributed by atoms with Crippen LogP contribution in [0.25, 0.3) is 0 Å². The van der Waals surface area contributed by atoms with E-state index in [9.17, 15) is 13.2 Å². The van der Waals surface area contributed by atoms with Crippen molar-refractivity contribution in [1.82, 2.24) is 13.9 Å². The van der Waals surface area contributed by atoms with E-state index < -0.39 is 10.2 Å². The number of halogens is 1. The number of carbonyl (C=O) groups excluding carboxylic acids is 1. The molecule has 0 aromatic heterocycles. The maximum absolute atomic E-state index is 12.3. The summed E-state index contributed by atoms with van der Waals surface area (Å²) in [7, 11) is -3.42. The number of aryl methyl sites for hydroxylation is 1. The molecule has 1 saturated heterocycles. The number of rotatable bonds is 7. The molecule has 1 aromatic carbocycles. The lowest BCUT2D eigenvalue weighted by atomic mass is 10.1. The standard InChI is InChI=1S/C16H24ClN3O3S/c1-2-9-18-24(22,23)20-12-10-19(11-13-20)16(21)8-5-14-3-6-15(17)7-4-14/h3-4,6-7,18H,2,5,8-13H2,1H3. The fourth-order valence-corrected chi connectivity index (χ4v) is 3.98. The molecule has 1 aromatic rings. The van der Waals surface area contributed by atoms with Crippen LogP contribution in [0.2, 0.25) is 5.02 Å². The minimum Gasteiger partial charge on any atom is -0.340 e. The van der Waals surface area contributed by atoms with Crippen LogP contribution in [0.4, 0.5) is 0 Å². The lowest BCUT2D eigenvalue weighted by Gasteiger charge is -2.34. The fraction of sp³-hybridized carbons (Fsp3) is 0.562. The molecule has 134 valence electrons. The van der Waals surface area contributed by atoms with Gasteiger partial charge in [-0.05, 0) is 30.5 Å². The van der Waals surface area contributed by atoms with Gasteiger partial charge in [-0.15, -0.1) is 0 Å². The van der Waals surface area contributed by atoms with Crippen LogP contribution in [0.5, 0.6) is 0 Å². The largest absolute Gasteiger partial charge is 0.340 e. The number of hydrogen-bond acceptors (Lipinski definition) is 3. The summed E-state index contributed by atoms with van der Waals surface area (Å²) >= 11 is 5.84. The van der Waals surface area contributed by atoms with Gasteiger partial charge >= 0.3 is 0 Å². The second-order valence-corrected chi connectivity index (χ2v) is 8.00. The van der Waals surface area contributed by atoms with Gasteiger partial charge in [0.05, 0.1) is 0 Å². The minimum atomic E-state index is -3.42. The summed E-state index contributed by atoms with van der Waals surface area (Å²) in [5.41, 5.74) is 1.07. The Morgan fingerprint density at radius 2 is 1.79 bits per heavy atom. The zero-order valence-electron chi connectivity index (χ0n) is 13.9. The molecule has 0 saturated carbocycles. The van der Waals surface area contributed by atoms with Gasteiger partial charge in [0.1, 0.15) is 0 Å². The summed E-state index contributed by atoms with van der Waals surface area (Å²) < 4.78 is 28.1. The summed E-state index contributed by atoms with van der Waals surface area (Å²) in [6.07, 6.45) is 1.83. The number of benzene rings is 1. The maximum Gasteiger partial charge on any atom is 0.279 e. The molecule has 0 bridgehead atoms. The molecule has 0 spiro atoms. The van der Waals surface area contributed by atoms with E-state index in [-0.39, 0.29) is 5.91 Å². The molecule has 0 radical (unpaired) electrons. The quantitative estimate of drug-likeness (QED) is 0.790. The molecule has 24 heavy (non-hydrogen) atoms. The van der Waals surface area contributed by atoms with E-state index in [2.05, 4.69) is 4.72 Å². The van der Waals surface area contributed by atoms with Crippen LogP contribution in [-0.2, 0) is 21.4 Å². The van der Waals surface area contributed by atoms with Gasteiger partial charge in [0.2, 0.25) is 5.91 Å². The summed E-state index contributed by atoms with van der Waals surface area (Å²) in [6.45, 7) is 3.90. The fourth-order valence-electron chi connectivity index (χ4n) is 2.56. The topological polar surface area (TPSA) is 69.7 Å². The molecule has 6 nitrogen and oxygen atoms in total. The predicted molar refractivity (Wildman–Crippen MR) is 95.1 cm³/mol. The van der Waals surface area contributed by atoms with Gasteiger partial charge in [0.25, 0.3) is 10.2 Å². The van der Waals surface area contributed by atoms with Crippen molar-refractivity contribution in [2.45, 2.75) is 26.2 Å². The highest BCUT2D eigenvalue weighted by atomic mass is 35.5. The molecule has 0 unspecified atom stereocenters. The Morgan fingerprint density at radius 3 is 2.38 bits per heavy atom. The summed E-state index contributed by atoms with van der Waals surface area (Å²) in [5, 5.41) is 0.680. The first-order valence-corrected chi connectivity index (χ1v) is 10.0. The molecule has 0 atom stereocenters. The zero-order valence-corrected chi connectivity index (χ0v) is 15.4. The van der Waals surface area contributed by atoms with E-state index in [0.717, 1.165) is 12.0 Å². The lowest BCUT2D eigenvalue weighted by molar-refractivity contribution is -0.132. The van der Waals surface area contributed by atoms with Gasteiger partial charge in [-0.2, -0.15) is 12.7 Å². The molecule has 2 rings (SSSR count). The van der Waals surface area contributed by atoms with Crippen molar-refractivity contribution in [3.8, 4) is 0 Å². The highest BCUT2D eigenvalue weighted by Gasteiger charge is 2.28. The first-order chi connectivity index (χ1) is 11.4. The Labute approximate surface area is 149 Å². The van der Waals surface area contributed by atoms with E-state index in [1.54, 1.807) is 4.90 Å². The number of piperazine rings is 1. The SMILES string of the molecule is CCCNS(=O)(=O)N1CCN(C(=O)CCc2ccc(Cl)cc2)CC1. The average molecular weight is 374 g/mol. The van der Waals surface area contributed by atoms with Gasteiger partial charge in [-0.1, -0.05) is 30.7 Å². The molecular formula is C16H24ClN3O3S. The van der Waals surface area contributed by atoms with Gasteiger partial charge in [-0.25, -0.2) is 4.72 Å². The summed E-state index contributed by atoms with van der Waals surface area (Å²) in [6, 6.07) is 7.46. The van der Waals surface area contributed by atoms with Crippen LogP contribution in [0.3, 0.4) is 0 Å². The highest BCUT2D eigenvalue weighted by molar-refractivity contribution is 7.87. The molecular weight excluding hydrogens is 350 g/mol. The molecule has 1 N–H and O–H groups in total. The maximum atomic E-state index is 12.3. The first kappa shape index (κ1) is 19.2. The molecule has 1 aliphatic rings. The van der Waals surface area contributed by atoms with E-state index in [0.29, 0.717) is 50.6 Å². The van der Waals surface area contributed by atoms with Crippen LogP contribution in [0.1, 0.15) is 25.3 Å². The van der Waals surface area contributed by atoms with E-state index in [1.807, 2.05) is 31.2 Å². The van der Waals surface area contributed by atoms with Crippen LogP contribution >= 0.6 is 11.6 Å². The Hall–Kier alpha value is -1.15. The van der Waals surface area contributed by atoms with Crippen LogP contribution in [0.15, 0.2) is 24.3 Å². The van der Waals surface area contributed by atoms with Crippen molar-refractivity contribution in [1.29, 1.82) is 0 Å². The number of hydrogen-bond donors (Lipinski definition) is 1. The molecule has 1 heterocycles.